The fourth-order valence-electron chi connectivity index (χ4n) is 2.72. The molecule has 0 aliphatic carbocycles. The summed E-state index contributed by atoms with van der Waals surface area (Å²) >= 11 is 0. The maximum Gasteiger partial charge on any atom is 0.251 e. The van der Waals surface area contributed by atoms with Crippen molar-refractivity contribution in [2.45, 2.75) is 18.9 Å². The summed E-state index contributed by atoms with van der Waals surface area (Å²) < 4.78 is 5.81. The zero-order chi connectivity index (χ0) is 17.5. The van der Waals surface area contributed by atoms with Crippen LogP contribution in [0.5, 0.6) is 5.88 Å². The molecule has 1 aromatic heterocycles. The second-order valence-corrected chi connectivity index (χ2v) is 5.73. The van der Waals surface area contributed by atoms with Crippen LogP contribution in [0, 0.1) is 11.3 Å². The molecular weight excluding hydrogens is 316 g/mol. The summed E-state index contributed by atoms with van der Waals surface area (Å²) in [7, 11) is 0. The van der Waals surface area contributed by atoms with Crippen molar-refractivity contribution in [3.8, 4) is 11.9 Å². The van der Waals surface area contributed by atoms with Crippen molar-refractivity contribution in [1.82, 2.24) is 14.9 Å². The number of hydrogen-bond donors (Lipinski definition) is 0. The van der Waals surface area contributed by atoms with Gasteiger partial charge in [-0.15, -0.1) is 0 Å². The van der Waals surface area contributed by atoms with Crippen molar-refractivity contribution in [2.75, 3.05) is 13.1 Å². The van der Waals surface area contributed by atoms with Gasteiger partial charge < -0.3 is 9.64 Å². The van der Waals surface area contributed by atoms with E-state index < -0.39 is 0 Å². The van der Waals surface area contributed by atoms with Gasteiger partial charge in [-0.3, -0.25) is 4.79 Å². The van der Waals surface area contributed by atoms with Crippen molar-refractivity contribution in [3.63, 3.8) is 0 Å². The molecule has 126 valence electrons. The van der Waals surface area contributed by atoms with Crippen molar-refractivity contribution in [1.29, 1.82) is 5.26 Å². The van der Waals surface area contributed by atoms with Gasteiger partial charge in [0.05, 0.1) is 6.54 Å². The molecule has 2 aromatic rings. The Balaban J connectivity index is 1.62. The zero-order valence-electron chi connectivity index (χ0n) is 13.7. The fraction of sp³-hybridized carbons (Fsp3) is 0.263. The standard InChI is InChI=1S/C19H18N4O2/c20-13-17-19(22-11-10-21-17)25-16-7-4-12-23(14-16)18(24)9-8-15-5-2-1-3-6-15/h1-3,5-6,8-11,16H,4,7,12,14H2/b9-8+/t16-/m0/s1. The highest BCUT2D eigenvalue weighted by Crippen LogP contribution is 2.19. The van der Waals surface area contributed by atoms with Crippen LogP contribution in [-0.4, -0.2) is 40.0 Å². The molecule has 0 saturated carbocycles. The monoisotopic (exact) mass is 334 g/mol. The van der Waals surface area contributed by atoms with Crippen molar-refractivity contribution >= 4 is 12.0 Å². The van der Waals surface area contributed by atoms with E-state index in [2.05, 4.69) is 9.97 Å². The lowest BCUT2D eigenvalue weighted by Gasteiger charge is -2.32. The third-order valence-corrected chi connectivity index (χ3v) is 3.96. The van der Waals surface area contributed by atoms with Crippen LogP contribution in [0.1, 0.15) is 24.1 Å². The van der Waals surface area contributed by atoms with Gasteiger partial charge in [-0.25, -0.2) is 9.97 Å². The average Bonchev–Trinajstić information content (AvgIpc) is 2.67. The predicted molar refractivity (Wildman–Crippen MR) is 92.5 cm³/mol. The molecule has 6 nitrogen and oxygen atoms in total. The molecular formula is C19H18N4O2. The first-order valence-corrected chi connectivity index (χ1v) is 8.16. The summed E-state index contributed by atoms with van der Waals surface area (Å²) in [6.45, 7) is 1.17. The smallest absolute Gasteiger partial charge is 0.251 e. The topological polar surface area (TPSA) is 79.1 Å². The summed E-state index contributed by atoms with van der Waals surface area (Å²) in [6, 6.07) is 11.7. The first-order chi connectivity index (χ1) is 12.3. The number of piperidine rings is 1. The molecule has 0 unspecified atom stereocenters. The fourth-order valence-corrected chi connectivity index (χ4v) is 2.72. The number of rotatable bonds is 4. The molecule has 1 saturated heterocycles. The maximum absolute atomic E-state index is 12.4. The number of carbonyl (C=O) groups is 1. The van der Waals surface area contributed by atoms with E-state index in [1.54, 1.807) is 11.0 Å². The summed E-state index contributed by atoms with van der Waals surface area (Å²) in [6.07, 6.45) is 7.81. The lowest BCUT2D eigenvalue weighted by molar-refractivity contribution is -0.128. The van der Waals surface area contributed by atoms with Crippen LogP contribution < -0.4 is 4.74 Å². The Bertz CT molecular complexity index is 799. The minimum Gasteiger partial charge on any atom is -0.470 e. The maximum atomic E-state index is 12.4. The second-order valence-electron chi connectivity index (χ2n) is 5.73. The van der Waals surface area contributed by atoms with Crippen LogP contribution in [0.25, 0.3) is 6.08 Å². The number of nitriles is 1. The number of aromatic nitrogens is 2. The SMILES string of the molecule is N#Cc1nccnc1O[C@H]1CCCN(C(=O)/C=C/c2ccccc2)C1. The first kappa shape index (κ1) is 16.7. The number of ether oxygens (including phenoxy) is 1. The normalized spacial score (nSPS) is 17.2. The van der Waals surface area contributed by atoms with Gasteiger partial charge >= 0.3 is 0 Å². The van der Waals surface area contributed by atoms with Crippen LogP contribution in [0.4, 0.5) is 0 Å². The van der Waals surface area contributed by atoms with Gasteiger partial charge in [-0.1, -0.05) is 30.3 Å². The van der Waals surface area contributed by atoms with Gasteiger partial charge in [-0.05, 0) is 24.5 Å². The molecule has 0 spiro atoms. The summed E-state index contributed by atoms with van der Waals surface area (Å²) in [5.41, 5.74) is 1.15. The van der Waals surface area contributed by atoms with Crippen LogP contribution in [-0.2, 0) is 4.79 Å². The molecule has 1 aliphatic heterocycles. The number of likely N-dealkylation sites (tertiary alicyclic amines) is 1. The molecule has 1 amide bonds. The quantitative estimate of drug-likeness (QED) is 0.802. The van der Waals surface area contributed by atoms with Crippen molar-refractivity contribution in [2.24, 2.45) is 0 Å². The number of hydrogen-bond acceptors (Lipinski definition) is 5. The molecule has 6 heteroatoms. The summed E-state index contributed by atoms with van der Waals surface area (Å²) in [4.78, 5) is 22.2. The zero-order valence-corrected chi connectivity index (χ0v) is 13.7. The molecule has 3 rings (SSSR count). The van der Waals surface area contributed by atoms with Gasteiger partial charge in [0.2, 0.25) is 11.6 Å². The molecule has 1 aromatic carbocycles. The Morgan fingerprint density at radius 1 is 1.28 bits per heavy atom. The van der Waals surface area contributed by atoms with E-state index in [9.17, 15) is 4.79 Å². The summed E-state index contributed by atoms with van der Waals surface area (Å²) in [5, 5.41) is 9.06. The third-order valence-electron chi connectivity index (χ3n) is 3.96. The van der Waals surface area contributed by atoms with E-state index in [0.717, 1.165) is 18.4 Å². The van der Waals surface area contributed by atoms with E-state index in [0.29, 0.717) is 13.1 Å². The lowest BCUT2D eigenvalue weighted by atomic mass is 10.1. The molecule has 0 bridgehead atoms. The van der Waals surface area contributed by atoms with E-state index in [4.69, 9.17) is 10.00 Å². The molecule has 1 atom stereocenters. The van der Waals surface area contributed by atoms with E-state index in [1.807, 2.05) is 42.5 Å². The Labute approximate surface area is 146 Å². The molecule has 0 N–H and O–H groups in total. The van der Waals surface area contributed by atoms with Crippen LogP contribution in [0.3, 0.4) is 0 Å². The molecule has 25 heavy (non-hydrogen) atoms. The molecule has 2 heterocycles. The molecule has 0 radical (unpaired) electrons. The highest BCUT2D eigenvalue weighted by Gasteiger charge is 2.25. The number of nitrogens with zero attached hydrogens (tertiary/aromatic N) is 4. The number of amides is 1. The van der Waals surface area contributed by atoms with E-state index in [1.165, 1.54) is 12.4 Å². The predicted octanol–water partition coefficient (Wildman–Crippen LogP) is 2.43. The number of carbonyl (C=O) groups excluding carboxylic acids is 1. The van der Waals surface area contributed by atoms with Gasteiger partial charge in [0.15, 0.2) is 0 Å². The van der Waals surface area contributed by atoms with Crippen LogP contribution >= 0.6 is 0 Å². The van der Waals surface area contributed by atoms with E-state index >= 15 is 0 Å². The van der Waals surface area contributed by atoms with Gasteiger partial charge in [0, 0.05) is 25.0 Å². The van der Waals surface area contributed by atoms with Gasteiger partial charge in [0.25, 0.3) is 5.88 Å². The Morgan fingerprint density at radius 3 is 2.88 bits per heavy atom. The average molecular weight is 334 g/mol. The first-order valence-electron chi connectivity index (χ1n) is 8.16. The lowest BCUT2D eigenvalue weighted by Crippen LogP contribution is -2.43. The highest BCUT2D eigenvalue weighted by atomic mass is 16.5. The largest absolute Gasteiger partial charge is 0.470 e. The van der Waals surface area contributed by atoms with Crippen LogP contribution in [0.15, 0.2) is 48.8 Å². The Morgan fingerprint density at radius 2 is 2.08 bits per heavy atom. The van der Waals surface area contributed by atoms with Gasteiger partial charge in [0.1, 0.15) is 12.2 Å². The summed E-state index contributed by atoms with van der Waals surface area (Å²) in [5.74, 6) is 0.181. The van der Waals surface area contributed by atoms with Crippen molar-refractivity contribution in [3.05, 3.63) is 60.1 Å². The van der Waals surface area contributed by atoms with Crippen molar-refractivity contribution < 1.29 is 9.53 Å². The third kappa shape index (κ3) is 4.42. The van der Waals surface area contributed by atoms with Gasteiger partial charge in [-0.2, -0.15) is 5.26 Å². The minimum absolute atomic E-state index is 0.0446. The molecule has 1 fully saturated rings. The minimum atomic E-state index is -0.188. The highest BCUT2D eigenvalue weighted by molar-refractivity contribution is 5.91. The molecule has 1 aliphatic rings. The second kappa shape index (κ2) is 8.06. The Hall–Kier alpha value is -3.20. The van der Waals surface area contributed by atoms with Crippen LogP contribution in [0.2, 0.25) is 0 Å². The number of benzene rings is 1. The van der Waals surface area contributed by atoms with E-state index in [-0.39, 0.29) is 23.6 Å². The Kier molecular flexibility index (Phi) is 5.37.